The Kier molecular flexibility index (Phi) is 5.51. The van der Waals surface area contributed by atoms with E-state index in [0.29, 0.717) is 36.7 Å². The van der Waals surface area contributed by atoms with Gasteiger partial charge in [-0.05, 0) is 48.9 Å². The van der Waals surface area contributed by atoms with Crippen molar-refractivity contribution in [3.05, 3.63) is 64.5 Å². The molecule has 3 aromatic rings. The van der Waals surface area contributed by atoms with Crippen molar-refractivity contribution in [3.63, 3.8) is 0 Å². The van der Waals surface area contributed by atoms with E-state index in [1.165, 1.54) is 24.5 Å². The summed E-state index contributed by atoms with van der Waals surface area (Å²) in [7, 11) is -3.20. The quantitative estimate of drug-likeness (QED) is 0.456. The van der Waals surface area contributed by atoms with Crippen LogP contribution in [0.15, 0.2) is 62.6 Å². The van der Waals surface area contributed by atoms with Crippen molar-refractivity contribution in [1.82, 2.24) is 0 Å². The SMILES string of the molecule is Cc1cc(=O)oc2cc(OCCCOc3ccc(S(C)(=O)=O)cc3)ccc12. The molecule has 0 aliphatic rings. The van der Waals surface area contributed by atoms with Gasteiger partial charge in [0.2, 0.25) is 0 Å². The summed E-state index contributed by atoms with van der Waals surface area (Å²) < 4.78 is 39.3. The van der Waals surface area contributed by atoms with Crippen LogP contribution < -0.4 is 15.1 Å². The normalized spacial score (nSPS) is 11.5. The summed E-state index contributed by atoms with van der Waals surface area (Å²) in [4.78, 5) is 11.7. The van der Waals surface area contributed by atoms with Gasteiger partial charge in [-0.2, -0.15) is 0 Å². The maximum Gasteiger partial charge on any atom is 0.336 e. The average Bonchev–Trinajstić information content (AvgIpc) is 2.60. The number of benzene rings is 2. The van der Waals surface area contributed by atoms with Crippen LogP contribution in [0.4, 0.5) is 0 Å². The topological polar surface area (TPSA) is 82.8 Å². The lowest BCUT2D eigenvalue weighted by molar-refractivity contribution is 0.247. The van der Waals surface area contributed by atoms with Crippen molar-refractivity contribution in [2.75, 3.05) is 19.5 Å². The average molecular weight is 388 g/mol. The minimum Gasteiger partial charge on any atom is -0.493 e. The van der Waals surface area contributed by atoms with Gasteiger partial charge < -0.3 is 13.9 Å². The van der Waals surface area contributed by atoms with Gasteiger partial charge in [0.05, 0.1) is 18.1 Å². The van der Waals surface area contributed by atoms with Crippen LogP contribution in [0.3, 0.4) is 0 Å². The number of hydrogen-bond acceptors (Lipinski definition) is 6. The highest BCUT2D eigenvalue weighted by Gasteiger charge is 2.07. The van der Waals surface area contributed by atoms with E-state index in [1.807, 2.05) is 19.1 Å². The summed E-state index contributed by atoms with van der Waals surface area (Å²) in [5.74, 6) is 1.22. The number of sulfone groups is 1. The number of aryl methyl sites for hydroxylation is 1. The molecule has 0 amide bonds. The zero-order chi connectivity index (χ0) is 19.4. The maximum atomic E-state index is 11.5. The molecule has 0 radical (unpaired) electrons. The fourth-order valence-corrected chi connectivity index (χ4v) is 3.25. The molecule has 1 heterocycles. The predicted molar refractivity (Wildman–Crippen MR) is 102 cm³/mol. The largest absolute Gasteiger partial charge is 0.493 e. The minimum absolute atomic E-state index is 0.261. The number of hydrogen-bond donors (Lipinski definition) is 0. The van der Waals surface area contributed by atoms with Crippen LogP contribution in [-0.2, 0) is 9.84 Å². The van der Waals surface area contributed by atoms with E-state index in [-0.39, 0.29) is 10.5 Å². The second-order valence-corrected chi connectivity index (χ2v) is 8.22. The summed E-state index contributed by atoms with van der Waals surface area (Å²) >= 11 is 0. The molecule has 7 heteroatoms. The van der Waals surface area contributed by atoms with E-state index < -0.39 is 9.84 Å². The van der Waals surface area contributed by atoms with Gasteiger partial charge >= 0.3 is 5.63 Å². The van der Waals surface area contributed by atoms with Gasteiger partial charge in [-0.15, -0.1) is 0 Å². The van der Waals surface area contributed by atoms with Gasteiger partial charge in [-0.1, -0.05) is 0 Å². The molecule has 0 spiro atoms. The predicted octanol–water partition coefficient (Wildman–Crippen LogP) is 3.35. The fourth-order valence-electron chi connectivity index (χ4n) is 2.62. The molecule has 0 fully saturated rings. The van der Waals surface area contributed by atoms with Crippen molar-refractivity contribution in [3.8, 4) is 11.5 Å². The Balaban J connectivity index is 1.50. The highest BCUT2D eigenvalue weighted by molar-refractivity contribution is 7.90. The number of rotatable bonds is 7. The standard InChI is InChI=1S/C20H20O6S/c1-14-12-20(21)26-19-13-16(6-9-18(14)19)25-11-3-10-24-15-4-7-17(8-5-15)27(2,22)23/h4-9,12-13H,3,10-11H2,1-2H3. The van der Waals surface area contributed by atoms with Crippen LogP contribution in [-0.4, -0.2) is 27.9 Å². The lowest BCUT2D eigenvalue weighted by Crippen LogP contribution is -2.05. The molecule has 0 aliphatic carbocycles. The van der Waals surface area contributed by atoms with Crippen molar-refractivity contribution in [2.45, 2.75) is 18.2 Å². The monoisotopic (exact) mass is 388 g/mol. The molecule has 0 saturated heterocycles. The zero-order valence-corrected chi connectivity index (χ0v) is 15.9. The molecule has 0 atom stereocenters. The third kappa shape index (κ3) is 4.89. The third-order valence-corrected chi connectivity index (χ3v) is 5.13. The molecule has 0 aliphatic heterocycles. The van der Waals surface area contributed by atoms with E-state index in [2.05, 4.69) is 0 Å². The Hall–Kier alpha value is -2.80. The van der Waals surface area contributed by atoms with E-state index in [4.69, 9.17) is 13.9 Å². The number of fused-ring (bicyclic) bond motifs is 1. The number of ether oxygens (including phenoxy) is 2. The Morgan fingerprint density at radius 2 is 1.56 bits per heavy atom. The molecule has 3 rings (SSSR count). The molecular formula is C20H20O6S. The Labute approximate surface area is 157 Å². The highest BCUT2D eigenvalue weighted by atomic mass is 32.2. The fraction of sp³-hybridized carbons (Fsp3) is 0.250. The van der Waals surface area contributed by atoms with Crippen molar-refractivity contribution in [2.24, 2.45) is 0 Å². The summed E-state index contributed by atoms with van der Waals surface area (Å²) in [5.41, 5.74) is 0.982. The van der Waals surface area contributed by atoms with E-state index in [1.54, 1.807) is 18.2 Å². The Bertz CT molecular complexity index is 1100. The molecule has 6 nitrogen and oxygen atoms in total. The first-order valence-electron chi connectivity index (χ1n) is 8.43. The molecule has 0 N–H and O–H groups in total. The van der Waals surface area contributed by atoms with Crippen LogP contribution in [0.2, 0.25) is 0 Å². The van der Waals surface area contributed by atoms with Crippen LogP contribution in [0.5, 0.6) is 11.5 Å². The summed E-state index contributed by atoms with van der Waals surface area (Å²) in [5, 5.41) is 0.878. The zero-order valence-electron chi connectivity index (χ0n) is 15.1. The van der Waals surface area contributed by atoms with Crippen molar-refractivity contribution >= 4 is 20.8 Å². The second kappa shape index (κ2) is 7.84. The van der Waals surface area contributed by atoms with Crippen LogP contribution >= 0.6 is 0 Å². The van der Waals surface area contributed by atoms with E-state index >= 15 is 0 Å². The molecular weight excluding hydrogens is 368 g/mol. The van der Waals surface area contributed by atoms with Gasteiger partial charge in [-0.3, -0.25) is 0 Å². The Morgan fingerprint density at radius 1 is 0.926 bits per heavy atom. The molecule has 0 unspecified atom stereocenters. The van der Waals surface area contributed by atoms with Crippen LogP contribution in [0.25, 0.3) is 11.0 Å². The summed E-state index contributed by atoms with van der Waals surface area (Å²) in [6.45, 7) is 2.72. The maximum absolute atomic E-state index is 11.5. The smallest absolute Gasteiger partial charge is 0.336 e. The second-order valence-electron chi connectivity index (χ2n) is 6.20. The molecule has 1 aromatic heterocycles. The Morgan fingerprint density at radius 3 is 2.22 bits per heavy atom. The minimum atomic E-state index is -3.20. The molecule has 0 bridgehead atoms. The first-order chi connectivity index (χ1) is 12.8. The molecule has 142 valence electrons. The molecule has 0 saturated carbocycles. The van der Waals surface area contributed by atoms with Gasteiger partial charge in [0.1, 0.15) is 17.1 Å². The summed E-state index contributed by atoms with van der Waals surface area (Å²) in [6.07, 6.45) is 1.81. The van der Waals surface area contributed by atoms with E-state index in [0.717, 1.165) is 10.9 Å². The molecule has 2 aromatic carbocycles. The molecule has 27 heavy (non-hydrogen) atoms. The van der Waals surface area contributed by atoms with Crippen LogP contribution in [0.1, 0.15) is 12.0 Å². The lowest BCUT2D eigenvalue weighted by Gasteiger charge is -2.09. The summed E-state index contributed by atoms with van der Waals surface area (Å²) in [6, 6.07) is 13.2. The van der Waals surface area contributed by atoms with Crippen LogP contribution in [0, 0.1) is 6.92 Å². The van der Waals surface area contributed by atoms with Gasteiger partial charge in [0, 0.05) is 30.2 Å². The third-order valence-electron chi connectivity index (χ3n) is 4.00. The lowest BCUT2D eigenvalue weighted by atomic mass is 10.1. The first-order valence-corrected chi connectivity index (χ1v) is 10.3. The van der Waals surface area contributed by atoms with E-state index in [9.17, 15) is 13.2 Å². The highest BCUT2D eigenvalue weighted by Crippen LogP contribution is 2.22. The van der Waals surface area contributed by atoms with Gasteiger partial charge in [0.15, 0.2) is 9.84 Å². The van der Waals surface area contributed by atoms with Crippen molar-refractivity contribution < 1.29 is 22.3 Å². The van der Waals surface area contributed by atoms with Crippen molar-refractivity contribution in [1.29, 1.82) is 0 Å². The van der Waals surface area contributed by atoms with Gasteiger partial charge in [-0.25, -0.2) is 13.2 Å². The first kappa shape index (κ1) is 19.0. The van der Waals surface area contributed by atoms with Gasteiger partial charge in [0.25, 0.3) is 0 Å².